The first-order valence-electron chi connectivity index (χ1n) is 10.5. The highest BCUT2D eigenvalue weighted by molar-refractivity contribution is 14.0. The molecule has 0 saturated heterocycles. The highest BCUT2D eigenvalue weighted by atomic mass is 127. The lowest BCUT2D eigenvalue weighted by Crippen LogP contribution is -2.38. The Morgan fingerprint density at radius 2 is 1.74 bits per heavy atom. The van der Waals surface area contributed by atoms with Gasteiger partial charge in [-0.05, 0) is 65.7 Å². The van der Waals surface area contributed by atoms with E-state index in [4.69, 9.17) is 4.74 Å². The topological polar surface area (TPSA) is 104 Å². The summed E-state index contributed by atoms with van der Waals surface area (Å²) in [6.45, 7) is 13.2. The number of nitrogens with zero attached hydrogens (tertiary/aromatic N) is 1. The second kappa shape index (κ2) is 14.9. The number of amides is 2. The van der Waals surface area contributed by atoms with Crippen LogP contribution in [-0.4, -0.2) is 49.2 Å². The zero-order valence-corrected chi connectivity index (χ0v) is 21.8. The fourth-order valence-electron chi connectivity index (χ4n) is 2.51. The summed E-state index contributed by atoms with van der Waals surface area (Å²) in [5.41, 5.74) is 1.29. The third-order valence-corrected chi connectivity index (χ3v) is 3.71. The van der Waals surface area contributed by atoms with Crippen molar-refractivity contribution >= 4 is 47.6 Å². The number of nitrogens with one attached hydrogen (secondary N) is 4. The third kappa shape index (κ3) is 14.6. The minimum Gasteiger partial charge on any atom is -0.444 e. The summed E-state index contributed by atoms with van der Waals surface area (Å²) < 4.78 is 5.25. The lowest BCUT2D eigenvalue weighted by molar-refractivity contribution is -0.121. The number of guanidine groups is 1. The summed E-state index contributed by atoms with van der Waals surface area (Å²) in [6, 6.07) is 7.78. The van der Waals surface area contributed by atoms with Crippen molar-refractivity contribution in [2.45, 2.75) is 66.0 Å². The minimum atomic E-state index is -0.528. The van der Waals surface area contributed by atoms with Crippen LogP contribution in [0.5, 0.6) is 0 Å². The van der Waals surface area contributed by atoms with E-state index in [-0.39, 0.29) is 35.9 Å². The van der Waals surface area contributed by atoms with Gasteiger partial charge in [-0.25, -0.2) is 4.79 Å². The first-order chi connectivity index (χ1) is 14.1. The zero-order chi connectivity index (χ0) is 22.6. The van der Waals surface area contributed by atoms with E-state index in [0.717, 1.165) is 18.5 Å². The van der Waals surface area contributed by atoms with Crippen molar-refractivity contribution in [3.05, 3.63) is 29.8 Å². The molecule has 176 valence electrons. The van der Waals surface area contributed by atoms with E-state index >= 15 is 0 Å². The van der Waals surface area contributed by atoms with Gasteiger partial charge in [-0.1, -0.05) is 12.1 Å². The summed E-state index contributed by atoms with van der Waals surface area (Å²) in [4.78, 5) is 28.0. The fraction of sp³-hybridized carbons (Fsp3) is 0.591. The predicted octanol–water partition coefficient (Wildman–Crippen LogP) is 3.66. The molecule has 0 heterocycles. The normalized spacial score (nSPS) is 11.4. The van der Waals surface area contributed by atoms with Crippen molar-refractivity contribution in [3.63, 3.8) is 0 Å². The highest BCUT2D eigenvalue weighted by Crippen LogP contribution is 2.13. The average Bonchev–Trinajstić information content (AvgIpc) is 2.61. The molecule has 4 N–H and O–H groups in total. The Kier molecular flexibility index (Phi) is 13.9. The Hall–Kier alpha value is -2.04. The van der Waals surface area contributed by atoms with Crippen LogP contribution in [0.3, 0.4) is 0 Å². The molecule has 9 heteroatoms. The number of benzene rings is 1. The van der Waals surface area contributed by atoms with Crippen molar-refractivity contribution in [3.8, 4) is 0 Å². The van der Waals surface area contributed by atoms with Crippen LogP contribution in [0.2, 0.25) is 0 Å². The largest absolute Gasteiger partial charge is 0.444 e. The minimum absolute atomic E-state index is 0. The Morgan fingerprint density at radius 1 is 1.10 bits per heavy atom. The SMILES string of the molecule is CCNC(=NCCC(=O)NC(C)C)NCCc1ccc(NC(=O)OC(C)(C)C)cc1.I. The average molecular weight is 547 g/mol. The number of ether oxygens (including phenoxy) is 1. The van der Waals surface area contributed by atoms with E-state index in [1.54, 1.807) is 0 Å². The van der Waals surface area contributed by atoms with E-state index in [2.05, 4.69) is 26.3 Å². The van der Waals surface area contributed by atoms with Crippen molar-refractivity contribution in [2.24, 2.45) is 4.99 Å². The van der Waals surface area contributed by atoms with Crippen molar-refractivity contribution in [1.82, 2.24) is 16.0 Å². The maximum Gasteiger partial charge on any atom is 0.412 e. The summed E-state index contributed by atoms with van der Waals surface area (Å²) in [5.74, 6) is 0.697. The van der Waals surface area contributed by atoms with Gasteiger partial charge >= 0.3 is 6.09 Å². The Bertz CT molecular complexity index is 700. The van der Waals surface area contributed by atoms with Gasteiger partial charge in [0.1, 0.15) is 5.60 Å². The molecule has 0 spiro atoms. The molecule has 0 aliphatic carbocycles. The number of rotatable bonds is 9. The van der Waals surface area contributed by atoms with E-state index in [9.17, 15) is 9.59 Å². The van der Waals surface area contributed by atoms with E-state index in [1.807, 2.05) is 65.8 Å². The number of aliphatic imine (C=N–C) groups is 1. The fourth-order valence-corrected chi connectivity index (χ4v) is 2.51. The molecule has 0 aliphatic heterocycles. The lowest BCUT2D eigenvalue weighted by atomic mass is 10.1. The van der Waals surface area contributed by atoms with Crippen LogP contribution in [0, 0.1) is 0 Å². The van der Waals surface area contributed by atoms with Crippen LogP contribution in [0.15, 0.2) is 29.3 Å². The summed E-state index contributed by atoms with van der Waals surface area (Å²) in [7, 11) is 0. The molecule has 8 nitrogen and oxygen atoms in total. The molecule has 0 radical (unpaired) electrons. The monoisotopic (exact) mass is 547 g/mol. The molecule has 0 bridgehead atoms. The highest BCUT2D eigenvalue weighted by Gasteiger charge is 2.16. The van der Waals surface area contributed by atoms with Gasteiger partial charge in [0, 0.05) is 31.2 Å². The molecule has 0 aliphatic rings. The zero-order valence-electron chi connectivity index (χ0n) is 19.5. The van der Waals surface area contributed by atoms with Gasteiger partial charge in [-0.3, -0.25) is 15.1 Å². The van der Waals surface area contributed by atoms with Crippen molar-refractivity contribution < 1.29 is 14.3 Å². The second-order valence-corrected chi connectivity index (χ2v) is 8.23. The number of hydrogen-bond donors (Lipinski definition) is 4. The summed E-state index contributed by atoms with van der Waals surface area (Å²) in [5, 5.41) is 12.0. The van der Waals surface area contributed by atoms with Gasteiger partial charge in [0.15, 0.2) is 5.96 Å². The van der Waals surface area contributed by atoms with E-state index in [1.165, 1.54) is 0 Å². The number of halogens is 1. The quantitative estimate of drug-likeness (QED) is 0.215. The number of carbonyl (C=O) groups is 2. The molecule has 1 aromatic carbocycles. The first-order valence-corrected chi connectivity index (χ1v) is 10.5. The predicted molar refractivity (Wildman–Crippen MR) is 137 cm³/mol. The Morgan fingerprint density at radius 3 is 2.29 bits per heavy atom. The summed E-state index contributed by atoms with van der Waals surface area (Å²) in [6.07, 6.45) is 0.691. The maximum atomic E-state index is 11.8. The van der Waals surface area contributed by atoms with Crippen molar-refractivity contribution in [2.75, 3.05) is 25.0 Å². The van der Waals surface area contributed by atoms with Crippen LogP contribution in [0.25, 0.3) is 0 Å². The van der Waals surface area contributed by atoms with E-state index < -0.39 is 11.7 Å². The molecule has 0 saturated carbocycles. The Labute approximate surface area is 203 Å². The molecule has 1 rings (SSSR count). The third-order valence-electron chi connectivity index (χ3n) is 3.71. The smallest absolute Gasteiger partial charge is 0.412 e. The number of anilines is 1. The molecule has 1 aromatic rings. The standard InChI is InChI=1S/C22H37N5O3.HI/c1-7-23-20(25-15-13-19(28)26-16(2)3)24-14-12-17-8-10-18(11-9-17)27-21(29)30-22(4,5)6;/h8-11,16H,7,12-15H2,1-6H3,(H,26,28)(H,27,29)(H2,23,24,25);1H. The van der Waals surface area contributed by atoms with Gasteiger partial charge in [-0.15, -0.1) is 24.0 Å². The maximum absolute atomic E-state index is 11.8. The van der Waals surface area contributed by atoms with Crippen LogP contribution in [-0.2, 0) is 16.0 Å². The van der Waals surface area contributed by atoms with E-state index in [0.29, 0.717) is 31.2 Å². The van der Waals surface area contributed by atoms with Crippen molar-refractivity contribution in [1.29, 1.82) is 0 Å². The van der Waals surface area contributed by atoms with Crippen LogP contribution >= 0.6 is 24.0 Å². The van der Waals surface area contributed by atoms with Gasteiger partial charge in [-0.2, -0.15) is 0 Å². The molecular formula is C22H38IN5O3. The van der Waals surface area contributed by atoms with Gasteiger partial charge in [0.25, 0.3) is 0 Å². The molecular weight excluding hydrogens is 509 g/mol. The first kappa shape index (κ1) is 29.0. The lowest BCUT2D eigenvalue weighted by Gasteiger charge is -2.19. The van der Waals surface area contributed by atoms with Gasteiger partial charge in [0.05, 0.1) is 6.54 Å². The van der Waals surface area contributed by atoms with Gasteiger partial charge < -0.3 is 20.7 Å². The molecule has 31 heavy (non-hydrogen) atoms. The number of hydrogen-bond acceptors (Lipinski definition) is 4. The molecule has 0 aromatic heterocycles. The summed E-state index contributed by atoms with van der Waals surface area (Å²) >= 11 is 0. The molecule has 0 atom stereocenters. The Balaban J connectivity index is 0.00000900. The molecule has 2 amide bonds. The van der Waals surface area contributed by atoms with Gasteiger partial charge in [0.2, 0.25) is 5.91 Å². The number of carbonyl (C=O) groups excluding carboxylic acids is 2. The van der Waals surface area contributed by atoms with Crippen LogP contribution < -0.4 is 21.3 Å². The molecule has 0 fully saturated rings. The molecule has 0 unspecified atom stereocenters. The van der Waals surface area contributed by atoms with Crippen LogP contribution in [0.4, 0.5) is 10.5 Å². The van der Waals surface area contributed by atoms with Crippen LogP contribution in [0.1, 0.15) is 53.5 Å². The second-order valence-electron chi connectivity index (χ2n) is 8.23.